The number of aliphatic hydroxyl groups excluding tert-OH is 3. The van der Waals surface area contributed by atoms with Crippen molar-refractivity contribution in [2.24, 2.45) is 28.6 Å². The Bertz CT molecular complexity index is 885. The summed E-state index contributed by atoms with van der Waals surface area (Å²) in [7, 11) is 0. The van der Waals surface area contributed by atoms with Crippen molar-refractivity contribution in [3.05, 3.63) is 47.6 Å². The van der Waals surface area contributed by atoms with E-state index in [1.54, 1.807) is 30.3 Å². The Kier molecular flexibility index (Phi) is 9.56. The van der Waals surface area contributed by atoms with E-state index in [2.05, 4.69) is 19.9 Å². The predicted octanol–water partition coefficient (Wildman–Crippen LogP) is 4.47. The summed E-state index contributed by atoms with van der Waals surface area (Å²) in [4.78, 5) is 12.3. The van der Waals surface area contributed by atoms with Gasteiger partial charge in [-0.1, -0.05) is 44.1 Å². The van der Waals surface area contributed by atoms with Crippen molar-refractivity contribution in [2.45, 2.75) is 58.8 Å². The number of carbonyl (C=O) groups excluding carboxylic acids is 1. The molecule has 0 radical (unpaired) electrons. The largest absolute Gasteiger partial charge is 0.508 e. The maximum atomic E-state index is 12.3. The maximum Gasteiger partial charge on any atom is 0.330 e. The van der Waals surface area contributed by atoms with Crippen LogP contribution in [0.2, 0.25) is 0 Å². The Balaban J connectivity index is 1.61. The van der Waals surface area contributed by atoms with Crippen LogP contribution in [0.1, 0.15) is 64.4 Å². The molecule has 4 atom stereocenters. The van der Waals surface area contributed by atoms with E-state index >= 15 is 0 Å². The van der Waals surface area contributed by atoms with Crippen LogP contribution in [0, 0.1) is 28.6 Å². The number of aliphatic hydroxyl groups is 3. The zero-order valence-electron chi connectivity index (χ0n) is 21.2. The van der Waals surface area contributed by atoms with E-state index in [1.165, 1.54) is 11.6 Å². The Morgan fingerprint density at radius 2 is 1.86 bits per heavy atom. The molecule has 0 saturated heterocycles. The number of esters is 1. The highest BCUT2D eigenvalue weighted by molar-refractivity contribution is 5.87. The Morgan fingerprint density at radius 3 is 2.51 bits per heavy atom. The molecule has 2 aliphatic carbocycles. The standard InChI is InChI=1S/C29H42O6/c1-21-4-12-26-28(2,15-3-16-29(26,19-31)20-32)25(21)11-7-23(14-17-30)18-35-27(34)13-8-22-5-9-24(33)10-6-22/h5-6,8-10,12-13,21,23,25,30-33H,3-4,7,11,14-20H2,1-2H3/b13-8+/t21-,23-,25?,28+/m0/s1. The van der Waals surface area contributed by atoms with Gasteiger partial charge in [0.2, 0.25) is 0 Å². The number of hydrogen-bond acceptors (Lipinski definition) is 6. The zero-order valence-corrected chi connectivity index (χ0v) is 21.2. The first-order valence-electron chi connectivity index (χ1n) is 13.0. The first-order valence-corrected chi connectivity index (χ1v) is 13.0. The molecule has 0 bridgehead atoms. The summed E-state index contributed by atoms with van der Waals surface area (Å²) in [5.41, 5.74) is 1.45. The molecule has 0 aliphatic heterocycles. The molecular weight excluding hydrogens is 444 g/mol. The van der Waals surface area contributed by atoms with Gasteiger partial charge in [-0.15, -0.1) is 0 Å². The van der Waals surface area contributed by atoms with Crippen LogP contribution >= 0.6 is 0 Å². The van der Waals surface area contributed by atoms with Crippen molar-refractivity contribution in [1.29, 1.82) is 0 Å². The van der Waals surface area contributed by atoms with Gasteiger partial charge in [-0.05, 0) is 85.5 Å². The number of phenols is 1. The lowest BCUT2D eigenvalue weighted by atomic mass is 9.50. The van der Waals surface area contributed by atoms with Gasteiger partial charge in [0.05, 0.1) is 19.8 Å². The van der Waals surface area contributed by atoms with Gasteiger partial charge in [0.15, 0.2) is 0 Å². The van der Waals surface area contributed by atoms with E-state index in [4.69, 9.17) is 4.74 Å². The van der Waals surface area contributed by atoms with Gasteiger partial charge in [0.25, 0.3) is 0 Å². The minimum Gasteiger partial charge on any atom is -0.508 e. The minimum atomic E-state index is -0.519. The lowest BCUT2D eigenvalue weighted by Gasteiger charge is -2.55. The van der Waals surface area contributed by atoms with Crippen molar-refractivity contribution in [3.8, 4) is 5.75 Å². The number of fused-ring (bicyclic) bond motifs is 1. The van der Waals surface area contributed by atoms with Gasteiger partial charge >= 0.3 is 5.97 Å². The number of aromatic hydroxyl groups is 1. The van der Waals surface area contributed by atoms with Gasteiger partial charge in [-0.25, -0.2) is 4.79 Å². The summed E-state index contributed by atoms with van der Waals surface area (Å²) < 4.78 is 5.50. The Labute approximate surface area is 209 Å². The molecule has 0 spiro atoms. The zero-order chi connectivity index (χ0) is 25.5. The van der Waals surface area contributed by atoms with Crippen LogP contribution < -0.4 is 0 Å². The third kappa shape index (κ3) is 6.35. The molecule has 194 valence electrons. The molecule has 3 rings (SSSR count). The normalized spacial score (nSPS) is 26.7. The quantitative estimate of drug-likeness (QED) is 0.209. The number of hydrogen-bond donors (Lipinski definition) is 4. The average Bonchev–Trinajstić information content (AvgIpc) is 2.85. The number of ether oxygens (including phenoxy) is 1. The summed E-state index contributed by atoms with van der Waals surface area (Å²) in [6.07, 6.45) is 11.5. The van der Waals surface area contributed by atoms with Crippen molar-refractivity contribution in [3.63, 3.8) is 0 Å². The van der Waals surface area contributed by atoms with E-state index in [9.17, 15) is 25.2 Å². The van der Waals surface area contributed by atoms with Crippen LogP contribution in [0.25, 0.3) is 6.08 Å². The van der Waals surface area contributed by atoms with Crippen molar-refractivity contribution >= 4 is 12.0 Å². The summed E-state index contributed by atoms with van der Waals surface area (Å²) in [5, 5.41) is 39.3. The van der Waals surface area contributed by atoms with Crippen molar-refractivity contribution < 1.29 is 30.0 Å². The molecule has 4 N–H and O–H groups in total. The van der Waals surface area contributed by atoms with E-state index in [0.717, 1.165) is 44.1 Å². The van der Waals surface area contributed by atoms with E-state index < -0.39 is 11.4 Å². The Morgan fingerprint density at radius 1 is 1.14 bits per heavy atom. The number of rotatable bonds is 11. The fraction of sp³-hybridized carbons (Fsp3) is 0.621. The second-order valence-corrected chi connectivity index (χ2v) is 10.8. The van der Waals surface area contributed by atoms with Gasteiger partial charge in [-0.3, -0.25) is 0 Å². The molecule has 2 aliphatic rings. The van der Waals surface area contributed by atoms with Gasteiger partial charge < -0.3 is 25.2 Å². The van der Waals surface area contributed by atoms with Crippen molar-refractivity contribution in [1.82, 2.24) is 0 Å². The summed E-state index contributed by atoms with van der Waals surface area (Å²) in [6.45, 7) is 4.85. The number of allylic oxidation sites excluding steroid dienone is 1. The first-order chi connectivity index (χ1) is 16.8. The fourth-order valence-corrected chi connectivity index (χ4v) is 6.49. The number of benzene rings is 1. The molecule has 35 heavy (non-hydrogen) atoms. The van der Waals surface area contributed by atoms with Crippen LogP contribution in [0.4, 0.5) is 0 Å². The van der Waals surface area contributed by atoms with Gasteiger partial charge in [-0.2, -0.15) is 0 Å². The fourth-order valence-electron chi connectivity index (χ4n) is 6.49. The van der Waals surface area contributed by atoms with Gasteiger partial charge in [0, 0.05) is 18.1 Å². The minimum absolute atomic E-state index is 0.0211. The lowest BCUT2D eigenvalue weighted by molar-refractivity contribution is -0.139. The van der Waals surface area contributed by atoms with Crippen LogP contribution in [0.5, 0.6) is 5.75 Å². The monoisotopic (exact) mass is 486 g/mol. The highest BCUT2D eigenvalue weighted by Crippen LogP contribution is 2.59. The molecule has 6 nitrogen and oxygen atoms in total. The molecule has 1 saturated carbocycles. The first kappa shape index (κ1) is 27.4. The highest BCUT2D eigenvalue weighted by atomic mass is 16.5. The molecule has 6 heteroatoms. The van der Waals surface area contributed by atoms with Crippen LogP contribution in [0.15, 0.2) is 42.0 Å². The SMILES string of the molecule is C[C@H]1CC=C2C(CO)(CO)CCC[C@]2(C)C1CC[C@@H](CCO)COC(=O)/C=C/c1ccc(O)cc1. The Hall–Kier alpha value is -2.15. The predicted molar refractivity (Wildman–Crippen MR) is 136 cm³/mol. The third-order valence-electron chi connectivity index (χ3n) is 8.53. The molecule has 0 heterocycles. The van der Waals surface area contributed by atoms with Crippen LogP contribution in [-0.4, -0.2) is 52.8 Å². The number of carbonyl (C=O) groups is 1. The lowest BCUT2D eigenvalue weighted by Crippen LogP contribution is -2.49. The maximum absolute atomic E-state index is 12.3. The summed E-state index contributed by atoms with van der Waals surface area (Å²) in [6, 6.07) is 6.56. The molecular formula is C29H42O6. The topological polar surface area (TPSA) is 107 Å². The highest BCUT2D eigenvalue weighted by Gasteiger charge is 2.52. The average molecular weight is 487 g/mol. The second-order valence-electron chi connectivity index (χ2n) is 10.8. The van der Waals surface area contributed by atoms with E-state index in [1.807, 2.05) is 0 Å². The van der Waals surface area contributed by atoms with Crippen LogP contribution in [-0.2, 0) is 9.53 Å². The molecule has 1 fully saturated rings. The smallest absolute Gasteiger partial charge is 0.330 e. The van der Waals surface area contributed by atoms with E-state index in [0.29, 0.717) is 18.3 Å². The molecule has 1 unspecified atom stereocenters. The second kappa shape index (κ2) is 12.2. The van der Waals surface area contributed by atoms with Gasteiger partial charge in [0.1, 0.15) is 5.75 Å². The molecule has 1 aromatic carbocycles. The van der Waals surface area contributed by atoms with Crippen molar-refractivity contribution in [2.75, 3.05) is 26.4 Å². The molecule has 0 amide bonds. The van der Waals surface area contributed by atoms with E-state index in [-0.39, 0.29) is 43.5 Å². The number of phenolic OH excluding ortho intramolecular Hbond substituents is 1. The third-order valence-corrected chi connectivity index (χ3v) is 8.53. The summed E-state index contributed by atoms with van der Waals surface area (Å²) >= 11 is 0. The summed E-state index contributed by atoms with van der Waals surface area (Å²) in [5.74, 6) is 0.716. The van der Waals surface area contributed by atoms with Crippen LogP contribution in [0.3, 0.4) is 0 Å². The molecule has 0 aromatic heterocycles. The molecule has 1 aromatic rings.